The second kappa shape index (κ2) is 7.59. The molecule has 0 spiro atoms. The topological polar surface area (TPSA) is 42.4 Å². The van der Waals surface area contributed by atoms with Crippen molar-refractivity contribution in [2.45, 2.75) is 27.4 Å². The fourth-order valence-electron chi connectivity index (χ4n) is 2.35. The summed E-state index contributed by atoms with van der Waals surface area (Å²) in [7, 11) is 0. The SMILES string of the molecule is CCN(CC)c1ccc(C=O)c(OCc2ncccc2C)c1. The van der Waals surface area contributed by atoms with Crippen molar-refractivity contribution in [2.75, 3.05) is 18.0 Å². The minimum atomic E-state index is 0.356. The van der Waals surface area contributed by atoms with E-state index >= 15 is 0 Å². The van der Waals surface area contributed by atoms with Crippen molar-refractivity contribution in [3.8, 4) is 5.75 Å². The average molecular weight is 298 g/mol. The summed E-state index contributed by atoms with van der Waals surface area (Å²) >= 11 is 0. The first-order valence-corrected chi connectivity index (χ1v) is 7.57. The van der Waals surface area contributed by atoms with Crippen LogP contribution in [0.5, 0.6) is 5.75 Å². The summed E-state index contributed by atoms with van der Waals surface area (Å²) in [6, 6.07) is 9.58. The van der Waals surface area contributed by atoms with Gasteiger partial charge in [-0.05, 0) is 44.5 Å². The minimum Gasteiger partial charge on any atom is -0.486 e. The van der Waals surface area contributed by atoms with Crippen molar-refractivity contribution < 1.29 is 9.53 Å². The largest absolute Gasteiger partial charge is 0.486 e. The van der Waals surface area contributed by atoms with Crippen LogP contribution in [0.2, 0.25) is 0 Å². The molecule has 0 aliphatic heterocycles. The van der Waals surface area contributed by atoms with Crippen molar-refractivity contribution in [3.63, 3.8) is 0 Å². The van der Waals surface area contributed by atoms with E-state index in [9.17, 15) is 4.79 Å². The van der Waals surface area contributed by atoms with Crippen molar-refractivity contribution >= 4 is 12.0 Å². The summed E-state index contributed by atoms with van der Waals surface area (Å²) in [6.45, 7) is 8.39. The number of nitrogens with zero attached hydrogens (tertiary/aromatic N) is 2. The normalized spacial score (nSPS) is 10.3. The third-order valence-electron chi connectivity index (χ3n) is 3.73. The number of aromatic nitrogens is 1. The Kier molecular flexibility index (Phi) is 5.53. The van der Waals surface area contributed by atoms with Gasteiger partial charge >= 0.3 is 0 Å². The van der Waals surface area contributed by atoms with Crippen LogP contribution in [0.4, 0.5) is 5.69 Å². The summed E-state index contributed by atoms with van der Waals surface area (Å²) in [5.74, 6) is 0.601. The molecule has 0 saturated heterocycles. The smallest absolute Gasteiger partial charge is 0.153 e. The molecule has 0 radical (unpaired) electrons. The van der Waals surface area contributed by atoms with E-state index in [-0.39, 0.29) is 0 Å². The molecule has 0 amide bonds. The molecule has 0 bridgehead atoms. The Morgan fingerprint density at radius 3 is 2.64 bits per heavy atom. The number of ether oxygens (including phenoxy) is 1. The van der Waals surface area contributed by atoms with Gasteiger partial charge in [0.1, 0.15) is 12.4 Å². The third kappa shape index (κ3) is 3.64. The number of hydrogen-bond acceptors (Lipinski definition) is 4. The predicted molar refractivity (Wildman–Crippen MR) is 88.7 cm³/mol. The standard InChI is InChI=1S/C18H22N2O2/c1-4-20(5-2)16-9-8-15(12-21)18(11-16)22-13-17-14(3)7-6-10-19-17/h6-12H,4-5,13H2,1-3H3. The zero-order chi connectivity index (χ0) is 15.9. The molecular weight excluding hydrogens is 276 g/mol. The molecular formula is C18H22N2O2. The van der Waals surface area contributed by atoms with Crippen molar-refractivity contribution in [2.24, 2.45) is 0 Å². The first kappa shape index (κ1) is 16.0. The van der Waals surface area contributed by atoms with E-state index < -0.39 is 0 Å². The first-order valence-electron chi connectivity index (χ1n) is 7.57. The summed E-state index contributed by atoms with van der Waals surface area (Å²) in [4.78, 5) is 17.7. The highest BCUT2D eigenvalue weighted by molar-refractivity contribution is 5.80. The van der Waals surface area contributed by atoms with Crippen LogP contribution in [0.25, 0.3) is 0 Å². The van der Waals surface area contributed by atoms with Gasteiger partial charge in [0.15, 0.2) is 6.29 Å². The highest BCUT2D eigenvalue weighted by Crippen LogP contribution is 2.25. The van der Waals surface area contributed by atoms with Crippen molar-refractivity contribution in [3.05, 3.63) is 53.3 Å². The van der Waals surface area contributed by atoms with Crippen LogP contribution in [0, 0.1) is 6.92 Å². The first-order chi connectivity index (χ1) is 10.7. The monoisotopic (exact) mass is 298 g/mol. The van der Waals surface area contributed by atoms with Gasteiger partial charge in [-0.15, -0.1) is 0 Å². The van der Waals surface area contributed by atoms with Crippen LogP contribution in [-0.2, 0) is 6.61 Å². The highest BCUT2D eigenvalue weighted by atomic mass is 16.5. The van der Waals surface area contributed by atoms with E-state index in [1.165, 1.54) is 0 Å². The quantitative estimate of drug-likeness (QED) is 0.732. The maximum atomic E-state index is 11.2. The Morgan fingerprint density at radius 2 is 2.00 bits per heavy atom. The lowest BCUT2D eigenvalue weighted by Crippen LogP contribution is -2.21. The van der Waals surface area contributed by atoms with Gasteiger partial charge in [0, 0.05) is 31.0 Å². The van der Waals surface area contributed by atoms with Gasteiger partial charge in [0.05, 0.1) is 11.3 Å². The van der Waals surface area contributed by atoms with Gasteiger partial charge in [-0.1, -0.05) is 6.07 Å². The van der Waals surface area contributed by atoms with Crippen LogP contribution in [0.3, 0.4) is 0 Å². The lowest BCUT2D eigenvalue weighted by Gasteiger charge is -2.22. The third-order valence-corrected chi connectivity index (χ3v) is 3.73. The summed E-state index contributed by atoms with van der Waals surface area (Å²) < 4.78 is 5.85. The Labute approximate surface area is 131 Å². The van der Waals surface area contributed by atoms with Crippen LogP contribution >= 0.6 is 0 Å². The highest BCUT2D eigenvalue weighted by Gasteiger charge is 2.09. The van der Waals surface area contributed by atoms with Gasteiger partial charge in [-0.25, -0.2) is 0 Å². The number of aldehydes is 1. The molecule has 22 heavy (non-hydrogen) atoms. The second-order valence-electron chi connectivity index (χ2n) is 5.07. The van der Waals surface area contributed by atoms with E-state index in [1.54, 1.807) is 12.3 Å². The summed E-state index contributed by atoms with van der Waals surface area (Å²) in [5, 5.41) is 0. The van der Waals surface area contributed by atoms with Gasteiger partial charge in [0.25, 0.3) is 0 Å². The Hall–Kier alpha value is -2.36. The maximum Gasteiger partial charge on any atom is 0.153 e. The van der Waals surface area contributed by atoms with E-state index in [1.807, 2.05) is 31.2 Å². The molecule has 0 aliphatic carbocycles. The van der Waals surface area contributed by atoms with Crippen molar-refractivity contribution in [1.29, 1.82) is 0 Å². The molecule has 0 unspecified atom stereocenters. The van der Waals surface area contributed by atoms with Gasteiger partial charge < -0.3 is 9.64 Å². The summed E-state index contributed by atoms with van der Waals surface area (Å²) in [5.41, 5.74) is 3.58. The lowest BCUT2D eigenvalue weighted by molar-refractivity contribution is 0.111. The number of carbonyl (C=O) groups excluding carboxylic acids is 1. The van der Waals surface area contributed by atoms with Crippen LogP contribution in [-0.4, -0.2) is 24.4 Å². The van der Waals surface area contributed by atoms with Crippen molar-refractivity contribution in [1.82, 2.24) is 4.98 Å². The lowest BCUT2D eigenvalue weighted by atomic mass is 10.1. The number of aryl methyl sites for hydroxylation is 1. The van der Waals surface area contributed by atoms with Gasteiger partial charge in [-0.2, -0.15) is 0 Å². The maximum absolute atomic E-state index is 11.2. The molecule has 0 N–H and O–H groups in total. The van der Waals surface area contributed by atoms with E-state index in [0.29, 0.717) is 17.9 Å². The Balaban J connectivity index is 2.23. The van der Waals surface area contributed by atoms with Crippen LogP contribution in [0.15, 0.2) is 36.5 Å². The van der Waals surface area contributed by atoms with E-state index in [4.69, 9.17) is 4.74 Å². The summed E-state index contributed by atoms with van der Waals surface area (Å²) in [6.07, 6.45) is 2.57. The average Bonchev–Trinajstić information content (AvgIpc) is 2.55. The zero-order valence-corrected chi connectivity index (χ0v) is 13.4. The van der Waals surface area contributed by atoms with E-state index in [0.717, 1.165) is 36.3 Å². The predicted octanol–water partition coefficient (Wildman–Crippen LogP) is 3.63. The molecule has 0 atom stereocenters. The van der Waals surface area contributed by atoms with Crippen LogP contribution in [0.1, 0.15) is 35.5 Å². The number of anilines is 1. The zero-order valence-electron chi connectivity index (χ0n) is 13.4. The number of rotatable bonds is 7. The van der Waals surface area contributed by atoms with Gasteiger partial charge in [0.2, 0.25) is 0 Å². The molecule has 1 heterocycles. The Bertz CT molecular complexity index is 637. The Morgan fingerprint density at radius 1 is 1.23 bits per heavy atom. The van der Waals surface area contributed by atoms with E-state index in [2.05, 4.69) is 23.7 Å². The number of benzene rings is 1. The molecule has 0 saturated carbocycles. The second-order valence-corrected chi connectivity index (χ2v) is 5.07. The minimum absolute atomic E-state index is 0.356. The molecule has 1 aromatic carbocycles. The molecule has 116 valence electrons. The number of pyridine rings is 1. The van der Waals surface area contributed by atoms with Gasteiger partial charge in [-0.3, -0.25) is 9.78 Å². The number of hydrogen-bond donors (Lipinski definition) is 0. The molecule has 4 nitrogen and oxygen atoms in total. The molecule has 2 aromatic rings. The van der Waals surface area contributed by atoms with Crippen LogP contribution < -0.4 is 9.64 Å². The molecule has 2 rings (SSSR count). The fourth-order valence-corrected chi connectivity index (χ4v) is 2.35. The number of carbonyl (C=O) groups is 1. The molecule has 4 heteroatoms. The fraction of sp³-hybridized carbons (Fsp3) is 0.333. The molecule has 0 aliphatic rings. The molecule has 0 fully saturated rings. The molecule has 1 aromatic heterocycles.